The van der Waals surface area contributed by atoms with Crippen molar-refractivity contribution < 1.29 is 9.90 Å². The highest BCUT2D eigenvalue weighted by Crippen LogP contribution is 2.29. The van der Waals surface area contributed by atoms with Gasteiger partial charge < -0.3 is 10.4 Å². The van der Waals surface area contributed by atoms with Crippen LogP contribution in [0.3, 0.4) is 0 Å². The monoisotopic (exact) mass is 287 g/mol. The SMILES string of the molecule is CC(CO)CSC(C)C(=O)NC1CCCC(C)C1C. The highest BCUT2D eigenvalue weighted by Gasteiger charge is 2.29. The Morgan fingerprint density at radius 1 is 1.37 bits per heavy atom. The second-order valence-electron chi connectivity index (χ2n) is 6.15. The van der Waals surface area contributed by atoms with Gasteiger partial charge in [0.15, 0.2) is 0 Å². The molecule has 0 radical (unpaired) electrons. The van der Waals surface area contributed by atoms with Gasteiger partial charge in [0, 0.05) is 12.6 Å². The van der Waals surface area contributed by atoms with E-state index in [1.54, 1.807) is 11.8 Å². The molecular formula is C15H29NO2S. The first-order valence-corrected chi connectivity index (χ1v) is 8.53. The minimum atomic E-state index is -0.0292. The van der Waals surface area contributed by atoms with E-state index in [2.05, 4.69) is 19.2 Å². The number of hydrogen-bond acceptors (Lipinski definition) is 3. The van der Waals surface area contributed by atoms with Gasteiger partial charge >= 0.3 is 0 Å². The molecule has 4 heteroatoms. The summed E-state index contributed by atoms with van der Waals surface area (Å²) in [6.07, 6.45) is 3.62. The number of carbonyl (C=O) groups excluding carboxylic acids is 1. The maximum Gasteiger partial charge on any atom is 0.233 e. The molecule has 0 bridgehead atoms. The lowest BCUT2D eigenvalue weighted by Gasteiger charge is -2.35. The Kier molecular flexibility index (Phi) is 7.22. The van der Waals surface area contributed by atoms with Gasteiger partial charge in [-0.3, -0.25) is 4.79 Å². The molecular weight excluding hydrogens is 258 g/mol. The Morgan fingerprint density at radius 3 is 2.68 bits per heavy atom. The average Bonchev–Trinajstić information content (AvgIpc) is 2.40. The Labute approximate surface area is 121 Å². The summed E-state index contributed by atoms with van der Waals surface area (Å²) in [5, 5.41) is 12.2. The second-order valence-corrected chi connectivity index (χ2v) is 7.52. The van der Waals surface area contributed by atoms with E-state index in [0.29, 0.717) is 17.9 Å². The number of aliphatic hydroxyl groups is 1. The summed E-state index contributed by atoms with van der Waals surface area (Å²) in [4.78, 5) is 12.2. The summed E-state index contributed by atoms with van der Waals surface area (Å²) in [6.45, 7) is 8.69. The van der Waals surface area contributed by atoms with Crippen LogP contribution in [0, 0.1) is 17.8 Å². The van der Waals surface area contributed by atoms with Crippen molar-refractivity contribution in [1.82, 2.24) is 5.32 Å². The molecule has 19 heavy (non-hydrogen) atoms. The molecule has 0 spiro atoms. The van der Waals surface area contributed by atoms with E-state index in [1.165, 1.54) is 12.8 Å². The molecule has 0 aromatic carbocycles. The largest absolute Gasteiger partial charge is 0.396 e. The maximum atomic E-state index is 12.2. The van der Waals surface area contributed by atoms with E-state index in [1.807, 2.05) is 13.8 Å². The summed E-state index contributed by atoms with van der Waals surface area (Å²) >= 11 is 1.64. The van der Waals surface area contributed by atoms with E-state index in [4.69, 9.17) is 5.11 Å². The van der Waals surface area contributed by atoms with Crippen molar-refractivity contribution >= 4 is 17.7 Å². The Balaban J connectivity index is 2.36. The van der Waals surface area contributed by atoms with E-state index in [0.717, 1.165) is 12.2 Å². The van der Waals surface area contributed by atoms with Gasteiger partial charge in [-0.15, -0.1) is 11.8 Å². The fourth-order valence-electron chi connectivity index (χ4n) is 2.52. The number of aliphatic hydroxyl groups excluding tert-OH is 1. The van der Waals surface area contributed by atoms with Crippen LogP contribution in [0.15, 0.2) is 0 Å². The van der Waals surface area contributed by atoms with Crippen molar-refractivity contribution in [3.63, 3.8) is 0 Å². The number of rotatable bonds is 6. The molecule has 0 heterocycles. The highest BCUT2D eigenvalue weighted by molar-refractivity contribution is 8.00. The van der Waals surface area contributed by atoms with Crippen LogP contribution >= 0.6 is 11.8 Å². The number of amides is 1. The van der Waals surface area contributed by atoms with Crippen LogP contribution in [0.4, 0.5) is 0 Å². The first kappa shape index (κ1) is 16.8. The van der Waals surface area contributed by atoms with E-state index in [9.17, 15) is 4.79 Å². The van der Waals surface area contributed by atoms with Gasteiger partial charge in [-0.2, -0.15) is 0 Å². The molecule has 1 aliphatic carbocycles. The van der Waals surface area contributed by atoms with Crippen LogP contribution in [0.25, 0.3) is 0 Å². The van der Waals surface area contributed by atoms with Crippen LogP contribution in [0.2, 0.25) is 0 Å². The number of carbonyl (C=O) groups is 1. The number of thioether (sulfide) groups is 1. The van der Waals surface area contributed by atoms with Gasteiger partial charge in [-0.1, -0.05) is 33.6 Å². The van der Waals surface area contributed by atoms with E-state index >= 15 is 0 Å². The van der Waals surface area contributed by atoms with Crippen molar-refractivity contribution in [1.29, 1.82) is 0 Å². The third-order valence-electron chi connectivity index (χ3n) is 4.35. The highest BCUT2D eigenvalue weighted by atomic mass is 32.2. The van der Waals surface area contributed by atoms with Gasteiger partial charge in [-0.05, 0) is 36.9 Å². The molecule has 0 aliphatic heterocycles. The van der Waals surface area contributed by atoms with Crippen molar-refractivity contribution in [2.24, 2.45) is 17.8 Å². The molecule has 2 N–H and O–H groups in total. The van der Waals surface area contributed by atoms with E-state index in [-0.39, 0.29) is 23.7 Å². The predicted molar refractivity (Wildman–Crippen MR) is 82.3 cm³/mol. The lowest BCUT2D eigenvalue weighted by atomic mass is 9.78. The summed E-state index contributed by atoms with van der Waals surface area (Å²) in [7, 11) is 0. The first-order valence-electron chi connectivity index (χ1n) is 7.48. The quantitative estimate of drug-likeness (QED) is 0.789. The summed E-state index contributed by atoms with van der Waals surface area (Å²) in [5.74, 6) is 2.53. The van der Waals surface area contributed by atoms with Gasteiger partial charge in [0.1, 0.15) is 0 Å². The van der Waals surface area contributed by atoms with Crippen molar-refractivity contribution in [3.05, 3.63) is 0 Å². The van der Waals surface area contributed by atoms with Crippen molar-refractivity contribution in [3.8, 4) is 0 Å². The molecule has 5 atom stereocenters. The molecule has 5 unspecified atom stereocenters. The zero-order valence-electron chi connectivity index (χ0n) is 12.7. The minimum Gasteiger partial charge on any atom is -0.396 e. The predicted octanol–water partition coefficient (Wildman–Crippen LogP) is 2.68. The summed E-state index contributed by atoms with van der Waals surface area (Å²) < 4.78 is 0. The Morgan fingerprint density at radius 2 is 2.05 bits per heavy atom. The molecule has 0 aromatic heterocycles. The van der Waals surface area contributed by atoms with Gasteiger partial charge in [0.05, 0.1) is 5.25 Å². The Hall–Kier alpha value is -0.220. The third kappa shape index (κ3) is 5.35. The number of hydrogen-bond donors (Lipinski definition) is 2. The first-order chi connectivity index (χ1) is 8.95. The van der Waals surface area contributed by atoms with Gasteiger partial charge in [-0.25, -0.2) is 0 Å². The fraction of sp³-hybridized carbons (Fsp3) is 0.933. The van der Waals surface area contributed by atoms with Gasteiger partial charge in [0.25, 0.3) is 0 Å². The Bertz CT molecular complexity index is 285. The molecule has 1 amide bonds. The van der Waals surface area contributed by atoms with Crippen LogP contribution in [-0.2, 0) is 4.79 Å². The van der Waals surface area contributed by atoms with Crippen LogP contribution < -0.4 is 5.32 Å². The zero-order valence-corrected chi connectivity index (χ0v) is 13.5. The molecule has 0 aromatic rings. The summed E-state index contributed by atoms with van der Waals surface area (Å²) in [6, 6.07) is 0.342. The number of nitrogens with one attached hydrogen (secondary N) is 1. The van der Waals surface area contributed by atoms with Crippen LogP contribution in [0.5, 0.6) is 0 Å². The van der Waals surface area contributed by atoms with Gasteiger partial charge in [0.2, 0.25) is 5.91 Å². The van der Waals surface area contributed by atoms with Crippen molar-refractivity contribution in [2.45, 2.75) is 58.2 Å². The van der Waals surface area contributed by atoms with Crippen LogP contribution in [-0.4, -0.2) is 34.7 Å². The molecule has 1 saturated carbocycles. The minimum absolute atomic E-state index is 0.0292. The lowest BCUT2D eigenvalue weighted by Crippen LogP contribution is -2.46. The normalized spacial score (nSPS) is 30.7. The van der Waals surface area contributed by atoms with Crippen LogP contribution in [0.1, 0.15) is 47.0 Å². The molecule has 0 saturated heterocycles. The summed E-state index contributed by atoms with van der Waals surface area (Å²) in [5.41, 5.74) is 0. The third-order valence-corrected chi connectivity index (χ3v) is 5.82. The topological polar surface area (TPSA) is 49.3 Å². The smallest absolute Gasteiger partial charge is 0.233 e. The van der Waals surface area contributed by atoms with E-state index < -0.39 is 0 Å². The average molecular weight is 287 g/mol. The fourth-order valence-corrected chi connectivity index (χ4v) is 3.46. The zero-order chi connectivity index (χ0) is 14.4. The van der Waals surface area contributed by atoms with Crippen molar-refractivity contribution in [2.75, 3.05) is 12.4 Å². The molecule has 1 aliphatic rings. The lowest BCUT2D eigenvalue weighted by molar-refractivity contribution is -0.121. The molecule has 1 rings (SSSR count). The molecule has 1 fully saturated rings. The molecule has 3 nitrogen and oxygen atoms in total. The molecule has 112 valence electrons. The second kappa shape index (κ2) is 8.15. The standard InChI is InChI=1S/C15H29NO2S/c1-10(8-17)9-19-13(4)15(18)16-14-7-5-6-11(2)12(14)3/h10-14,17H,5-9H2,1-4H3,(H,16,18). The maximum absolute atomic E-state index is 12.2.